The molecule has 0 saturated carbocycles. The molecule has 31 heavy (non-hydrogen) atoms. The molecule has 1 fully saturated rings. The smallest absolute Gasteiger partial charge is 0.130 e. The number of rotatable bonds is 5. The molecule has 0 amide bonds. The van der Waals surface area contributed by atoms with Crippen molar-refractivity contribution in [2.24, 2.45) is 10.9 Å². The van der Waals surface area contributed by atoms with Gasteiger partial charge in [0.25, 0.3) is 0 Å². The Hall–Kier alpha value is -3.51. The minimum Gasteiger partial charge on any atom is -0.397 e. The van der Waals surface area contributed by atoms with E-state index in [0.717, 1.165) is 71.5 Å². The summed E-state index contributed by atoms with van der Waals surface area (Å²) in [6, 6.07) is 10.2. The number of nitrogens with zero attached hydrogens (tertiary/aromatic N) is 3. The number of piperidine rings is 1. The number of aromatic nitrogens is 2. The molecule has 6 nitrogen and oxygen atoms in total. The number of nitrogen functional groups attached to an aromatic ring is 1. The van der Waals surface area contributed by atoms with E-state index in [4.69, 9.17) is 10.7 Å². The van der Waals surface area contributed by atoms with Gasteiger partial charge < -0.3 is 16.4 Å². The molecule has 4 heterocycles. The van der Waals surface area contributed by atoms with Crippen molar-refractivity contribution in [3.63, 3.8) is 0 Å². The highest BCUT2D eigenvalue weighted by Gasteiger charge is 2.22. The first-order chi connectivity index (χ1) is 15.2. The molecule has 5 rings (SSSR count). The number of aliphatic imine (C=N–C) groups is 1. The summed E-state index contributed by atoms with van der Waals surface area (Å²) in [6.07, 6.45) is 10.8. The van der Waals surface area contributed by atoms with Crippen LogP contribution in [0.1, 0.15) is 19.3 Å². The number of nitrogens with one attached hydrogen (secondary N) is 2. The lowest BCUT2D eigenvalue weighted by Crippen LogP contribution is -2.31. The fourth-order valence-corrected chi connectivity index (χ4v) is 4.27. The van der Waals surface area contributed by atoms with E-state index < -0.39 is 0 Å². The van der Waals surface area contributed by atoms with Gasteiger partial charge in [0, 0.05) is 47.6 Å². The van der Waals surface area contributed by atoms with Crippen LogP contribution in [0.3, 0.4) is 0 Å². The summed E-state index contributed by atoms with van der Waals surface area (Å²) in [4.78, 5) is 13.6. The van der Waals surface area contributed by atoms with Crippen LogP contribution >= 0.6 is 0 Å². The molecule has 3 aromatic rings. The molecule has 156 valence electrons. The zero-order chi connectivity index (χ0) is 21.2. The van der Waals surface area contributed by atoms with Crippen molar-refractivity contribution < 1.29 is 0 Å². The van der Waals surface area contributed by atoms with Gasteiger partial charge in [-0.15, -0.1) is 0 Å². The molecular formula is C25H26N6. The zero-order valence-corrected chi connectivity index (χ0v) is 17.4. The lowest BCUT2D eigenvalue weighted by Gasteiger charge is -2.22. The molecule has 0 spiro atoms. The fourth-order valence-electron chi connectivity index (χ4n) is 4.27. The normalized spacial score (nSPS) is 16.8. The van der Waals surface area contributed by atoms with Gasteiger partial charge in [0.15, 0.2) is 0 Å². The maximum atomic E-state index is 5.89. The van der Waals surface area contributed by atoms with Crippen LogP contribution in [-0.2, 0) is 0 Å². The maximum Gasteiger partial charge on any atom is 0.130 e. The molecule has 0 unspecified atom stereocenters. The second-order valence-electron chi connectivity index (χ2n) is 8.16. The van der Waals surface area contributed by atoms with E-state index in [0.29, 0.717) is 11.6 Å². The van der Waals surface area contributed by atoms with Crippen molar-refractivity contribution >= 4 is 28.0 Å². The van der Waals surface area contributed by atoms with Gasteiger partial charge in [-0.25, -0.2) is 4.98 Å². The van der Waals surface area contributed by atoms with Crippen molar-refractivity contribution in [1.82, 2.24) is 15.3 Å². The molecule has 2 aliphatic rings. The third kappa shape index (κ3) is 4.20. The Labute approximate surface area is 182 Å². The van der Waals surface area contributed by atoms with Crippen molar-refractivity contribution in [2.75, 3.05) is 24.1 Å². The Morgan fingerprint density at radius 1 is 1.03 bits per heavy atom. The van der Waals surface area contributed by atoms with Crippen molar-refractivity contribution in [3.8, 4) is 11.1 Å². The highest BCUT2D eigenvalue weighted by atomic mass is 15.0. The number of pyridine rings is 2. The van der Waals surface area contributed by atoms with E-state index in [-0.39, 0.29) is 0 Å². The number of nitrogens with two attached hydrogens (primary N) is 1. The number of benzene rings is 1. The summed E-state index contributed by atoms with van der Waals surface area (Å²) >= 11 is 0. The first kappa shape index (κ1) is 19.5. The topological polar surface area (TPSA) is 88.2 Å². The van der Waals surface area contributed by atoms with Crippen LogP contribution in [0.25, 0.3) is 21.9 Å². The quantitative estimate of drug-likeness (QED) is 0.575. The van der Waals surface area contributed by atoms with E-state index in [1.54, 1.807) is 6.20 Å². The first-order valence-corrected chi connectivity index (χ1v) is 10.7. The van der Waals surface area contributed by atoms with Crippen molar-refractivity contribution in [2.45, 2.75) is 19.3 Å². The summed E-state index contributed by atoms with van der Waals surface area (Å²) < 4.78 is 0. The monoisotopic (exact) mass is 410 g/mol. The minimum absolute atomic E-state index is 0.585. The average molecular weight is 411 g/mol. The molecule has 1 aromatic carbocycles. The Morgan fingerprint density at radius 2 is 1.90 bits per heavy atom. The number of hydrogen-bond acceptors (Lipinski definition) is 6. The van der Waals surface area contributed by atoms with Gasteiger partial charge >= 0.3 is 0 Å². The Morgan fingerprint density at radius 3 is 2.74 bits per heavy atom. The minimum atomic E-state index is 0.585. The second-order valence-corrected chi connectivity index (χ2v) is 8.16. The lowest BCUT2D eigenvalue weighted by molar-refractivity contribution is 0.454. The highest BCUT2D eigenvalue weighted by Crippen LogP contribution is 2.28. The van der Waals surface area contributed by atoms with Crippen LogP contribution < -0.4 is 16.4 Å². The third-order valence-corrected chi connectivity index (χ3v) is 5.98. The van der Waals surface area contributed by atoms with Gasteiger partial charge in [0.05, 0.1) is 17.1 Å². The predicted octanol–water partition coefficient (Wildman–Crippen LogP) is 4.53. The molecule has 0 atom stereocenters. The summed E-state index contributed by atoms with van der Waals surface area (Å²) in [5, 5.41) is 8.92. The Bertz CT molecular complexity index is 1200. The van der Waals surface area contributed by atoms with Crippen LogP contribution in [0, 0.1) is 5.92 Å². The van der Waals surface area contributed by atoms with Crippen LogP contribution in [0.4, 0.5) is 11.5 Å². The third-order valence-electron chi connectivity index (χ3n) is 5.98. The van der Waals surface area contributed by atoms with Gasteiger partial charge in [-0.2, -0.15) is 0 Å². The second kappa shape index (κ2) is 8.32. The molecule has 4 N–H and O–H groups in total. The van der Waals surface area contributed by atoms with Gasteiger partial charge in [-0.1, -0.05) is 24.8 Å². The summed E-state index contributed by atoms with van der Waals surface area (Å²) in [5.74, 6) is 1.34. The SMILES string of the molecule is C=C(Nc1cc2cc(-c3cncc(N)c3)ccc2cn1)C1=CCC(C2CCNCC2)=N1. The van der Waals surface area contributed by atoms with Gasteiger partial charge in [0.2, 0.25) is 0 Å². The number of allylic oxidation sites excluding steroid dienone is 1. The summed E-state index contributed by atoms with van der Waals surface area (Å²) in [5.41, 5.74) is 11.6. The van der Waals surface area contributed by atoms with Crippen molar-refractivity contribution in [1.29, 1.82) is 0 Å². The Kier molecular flexibility index (Phi) is 5.22. The van der Waals surface area contributed by atoms with E-state index in [2.05, 4.69) is 51.5 Å². The van der Waals surface area contributed by atoms with Crippen LogP contribution in [0.15, 0.2) is 78.0 Å². The molecule has 0 radical (unpaired) electrons. The van der Waals surface area contributed by atoms with E-state index in [1.165, 1.54) is 5.71 Å². The molecule has 2 aromatic heterocycles. The zero-order valence-electron chi connectivity index (χ0n) is 17.4. The van der Waals surface area contributed by atoms with Crippen molar-refractivity contribution in [3.05, 3.63) is 73.0 Å². The molecular weight excluding hydrogens is 384 g/mol. The Balaban J connectivity index is 1.34. The van der Waals surface area contributed by atoms with Gasteiger partial charge in [-0.3, -0.25) is 9.98 Å². The predicted molar refractivity (Wildman–Crippen MR) is 128 cm³/mol. The fraction of sp³-hybridized carbons (Fsp3) is 0.240. The molecule has 6 heteroatoms. The van der Waals surface area contributed by atoms with E-state index in [1.807, 2.05) is 24.5 Å². The summed E-state index contributed by atoms with van der Waals surface area (Å²) in [6.45, 7) is 6.36. The van der Waals surface area contributed by atoms with Gasteiger partial charge in [-0.05, 0) is 55.1 Å². The lowest BCUT2D eigenvalue weighted by atomic mass is 9.92. The maximum absolute atomic E-state index is 5.89. The highest BCUT2D eigenvalue weighted by molar-refractivity contribution is 5.92. The van der Waals surface area contributed by atoms with E-state index in [9.17, 15) is 0 Å². The number of fused-ring (bicyclic) bond motifs is 1. The number of hydrogen-bond donors (Lipinski definition) is 3. The molecule has 0 bridgehead atoms. The first-order valence-electron chi connectivity index (χ1n) is 10.7. The van der Waals surface area contributed by atoms with Crippen LogP contribution in [-0.4, -0.2) is 28.8 Å². The van der Waals surface area contributed by atoms with Crippen LogP contribution in [0.5, 0.6) is 0 Å². The van der Waals surface area contributed by atoms with E-state index >= 15 is 0 Å². The summed E-state index contributed by atoms with van der Waals surface area (Å²) in [7, 11) is 0. The van der Waals surface area contributed by atoms with Crippen LogP contribution in [0.2, 0.25) is 0 Å². The molecule has 0 aliphatic carbocycles. The molecule has 1 saturated heterocycles. The average Bonchev–Trinajstić information content (AvgIpc) is 3.30. The van der Waals surface area contributed by atoms with Gasteiger partial charge in [0.1, 0.15) is 5.82 Å². The standard InChI is InChI=1S/C25H26N6/c1-16(23-4-5-24(31-23)17-6-8-27-9-7-17)30-25-12-20-10-18(2-3-19(20)14-29-25)21-11-22(26)15-28-13-21/h2-4,10-15,17,27H,1,5-9,26H2,(H,29,30). The largest absolute Gasteiger partial charge is 0.397 e. The molecule has 2 aliphatic heterocycles. The number of anilines is 2.